The number of pyridine rings is 1. The van der Waals surface area contributed by atoms with E-state index in [1.807, 2.05) is 28.8 Å². The second kappa shape index (κ2) is 9.22. The van der Waals surface area contributed by atoms with Gasteiger partial charge in [-0.05, 0) is 43.2 Å². The molecule has 152 valence electrons. The lowest BCUT2D eigenvalue weighted by Crippen LogP contribution is -2.14. The average molecular weight is 414 g/mol. The summed E-state index contributed by atoms with van der Waals surface area (Å²) in [6.07, 6.45) is 1.22. The van der Waals surface area contributed by atoms with Gasteiger partial charge in [0.15, 0.2) is 11.9 Å². The van der Waals surface area contributed by atoms with E-state index in [0.717, 1.165) is 21.3 Å². The molecular formula is C22H24FN3O2S. The lowest BCUT2D eigenvalue weighted by atomic mass is 10.1. The van der Waals surface area contributed by atoms with E-state index in [-0.39, 0.29) is 17.7 Å². The van der Waals surface area contributed by atoms with Crippen molar-refractivity contribution in [3.63, 3.8) is 0 Å². The largest absolute Gasteiger partial charge is 0.455 e. The van der Waals surface area contributed by atoms with Crippen LogP contribution in [-0.4, -0.2) is 20.5 Å². The van der Waals surface area contributed by atoms with Crippen molar-refractivity contribution < 1.29 is 13.9 Å². The van der Waals surface area contributed by atoms with Gasteiger partial charge < -0.3 is 9.30 Å². The predicted molar refractivity (Wildman–Crippen MR) is 110 cm³/mol. The van der Waals surface area contributed by atoms with Crippen molar-refractivity contribution in [1.29, 1.82) is 0 Å². The Bertz CT molecular complexity index is 989. The molecule has 0 N–H and O–H groups in total. The van der Waals surface area contributed by atoms with Gasteiger partial charge in [0.25, 0.3) is 0 Å². The summed E-state index contributed by atoms with van der Waals surface area (Å²) >= 11 is 1.45. The average Bonchev–Trinajstić information content (AvgIpc) is 3.00. The maximum Gasteiger partial charge on any atom is 0.303 e. The van der Waals surface area contributed by atoms with E-state index in [0.29, 0.717) is 12.4 Å². The summed E-state index contributed by atoms with van der Waals surface area (Å²) in [5.41, 5.74) is 1.74. The molecule has 0 saturated heterocycles. The fourth-order valence-electron chi connectivity index (χ4n) is 3.02. The van der Waals surface area contributed by atoms with Crippen molar-refractivity contribution in [2.45, 2.75) is 56.2 Å². The van der Waals surface area contributed by atoms with Crippen molar-refractivity contribution in [2.24, 2.45) is 0 Å². The normalized spacial score (nSPS) is 12.2. The smallest absolute Gasteiger partial charge is 0.303 e. The summed E-state index contributed by atoms with van der Waals surface area (Å²) in [5, 5.41) is 0.894. The first-order valence-electron chi connectivity index (χ1n) is 9.46. The fourth-order valence-corrected chi connectivity index (χ4v) is 4.21. The first kappa shape index (κ1) is 21.0. The van der Waals surface area contributed by atoms with Crippen LogP contribution in [0.1, 0.15) is 56.9 Å². The number of carbonyl (C=O) groups is 1. The van der Waals surface area contributed by atoms with Crippen molar-refractivity contribution in [2.75, 3.05) is 0 Å². The maximum atomic E-state index is 13.8. The van der Waals surface area contributed by atoms with Gasteiger partial charge in [0.2, 0.25) is 0 Å². The van der Waals surface area contributed by atoms with Gasteiger partial charge >= 0.3 is 5.97 Å². The number of hydrogen-bond acceptors (Lipinski definition) is 5. The maximum absolute atomic E-state index is 13.8. The molecule has 0 bridgehead atoms. The van der Waals surface area contributed by atoms with Crippen molar-refractivity contribution in [1.82, 2.24) is 14.5 Å². The van der Waals surface area contributed by atoms with E-state index in [4.69, 9.17) is 9.72 Å². The number of aromatic nitrogens is 3. The molecule has 0 aliphatic heterocycles. The van der Waals surface area contributed by atoms with Crippen LogP contribution in [0.5, 0.6) is 0 Å². The minimum absolute atomic E-state index is 0.138. The molecule has 2 heterocycles. The van der Waals surface area contributed by atoms with Crippen LogP contribution in [0.4, 0.5) is 4.39 Å². The van der Waals surface area contributed by atoms with Crippen LogP contribution in [0.25, 0.3) is 0 Å². The molecule has 2 aromatic heterocycles. The Morgan fingerprint density at radius 2 is 2.00 bits per heavy atom. The molecule has 0 saturated carbocycles. The van der Waals surface area contributed by atoms with Crippen molar-refractivity contribution in [3.05, 3.63) is 71.7 Å². The highest BCUT2D eigenvalue weighted by atomic mass is 32.2. The molecule has 0 spiro atoms. The van der Waals surface area contributed by atoms with E-state index in [1.165, 1.54) is 30.8 Å². The number of esters is 1. The minimum atomic E-state index is -0.518. The highest BCUT2D eigenvalue weighted by Crippen LogP contribution is 2.37. The van der Waals surface area contributed by atoms with Crippen molar-refractivity contribution >= 4 is 17.7 Å². The number of nitrogens with zero attached hydrogens (tertiary/aromatic N) is 3. The Morgan fingerprint density at radius 1 is 1.21 bits per heavy atom. The van der Waals surface area contributed by atoms with Gasteiger partial charge in [0, 0.05) is 18.0 Å². The van der Waals surface area contributed by atoms with E-state index < -0.39 is 6.10 Å². The molecule has 1 atom stereocenters. The fraction of sp³-hybridized carbons (Fsp3) is 0.318. The van der Waals surface area contributed by atoms with Gasteiger partial charge in [-0.25, -0.2) is 9.37 Å². The van der Waals surface area contributed by atoms with Gasteiger partial charge in [-0.3, -0.25) is 9.78 Å². The van der Waals surface area contributed by atoms with Crippen LogP contribution in [0.15, 0.2) is 58.6 Å². The third-order valence-corrected chi connectivity index (χ3v) is 5.40. The Morgan fingerprint density at radius 3 is 2.62 bits per heavy atom. The Kier molecular flexibility index (Phi) is 6.69. The molecule has 7 heteroatoms. The molecule has 1 unspecified atom stereocenters. The molecule has 0 aliphatic carbocycles. The minimum Gasteiger partial charge on any atom is -0.455 e. The second-order valence-electron chi connectivity index (χ2n) is 7.03. The van der Waals surface area contributed by atoms with Crippen LogP contribution in [0.3, 0.4) is 0 Å². The number of carbonyl (C=O) groups excluding carboxylic acids is 1. The van der Waals surface area contributed by atoms with E-state index >= 15 is 0 Å². The summed E-state index contributed by atoms with van der Waals surface area (Å²) < 4.78 is 21.2. The number of ether oxygens (including phenoxy) is 1. The molecule has 3 aromatic rings. The lowest BCUT2D eigenvalue weighted by molar-refractivity contribution is -0.146. The second-order valence-corrected chi connectivity index (χ2v) is 8.10. The summed E-state index contributed by atoms with van der Waals surface area (Å²) in [5.74, 6) is 0.133. The SMILES string of the molecule is CC(=O)OC(C)c1nc(C(C)C)c(Sc2cccc(F)c2)n1Cc1ccccn1. The van der Waals surface area contributed by atoms with Crippen LogP contribution in [-0.2, 0) is 16.1 Å². The third kappa shape index (κ3) is 5.23. The molecule has 3 rings (SSSR count). The molecule has 29 heavy (non-hydrogen) atoms. The molecule has 0 amide bonds. The van der Waals surface area contributed by atoms with Gasteiger partial charge in [0.1, 0.15) is 10.8 Å². The lowest BCUT2D eigenvalue weighted by Gasteiger charge is -2.16. The Balaban J connectivity index is 2.11. The standard InChI is InChI=1S/C22H24FN3O2S/c1-14(2)20-22(29-19-10-7-8-17(23)12-19)26(13-18-9-5-6-11-24-18)21(25-20)15(3)28-16(4)27/h5-12,14-15H,13H2,1-4H3. The topological polar surface area (TPSA) is 57.0 Å². The monoisotopic (exact) mass is 413 g/mol. The molecular weight excluding hydrogens is 389 g/mol. The first-order chi connectivity index (χ1) is 13.8. The first-order valence-corrected chi connectivity index (χ1v) is 10.3. The highest BCUT2D eigenvalue weighted by Gasteiger charge is 2.25. The Hall–Kier alpha value is -2.67. The zero-order valence-corrected chi connectivity index (χ0v) is 17.7. The van der Waals surface area contributed by atoms with Crippen LogP contribution in [0.2, 0.25) is 0 Å². The third-order valence-electron chi connectivity index (χ3n) is 4.29. The molecule has 5 nitrogen and oxygen atoms in total. The molecule has 1 aromatic carbocycles. The highest BCUT2D eigenvalue weighted by molar-refractivity contribution is 7.99. The van der Waals surface area contributed by atoms with Gasteiger partial charge in [-0.1, -0.05) is 37.7 Å². The summed E-state index contributed by atoms with van der Waals surface area (Å²) in [6.45, 7) is 7.78. The molecule has 0 radical (unpaired) electrons. The zero-order chi connectivity index (χ0) is 21.0. The van der Waals surface area contributed by atoms with Crippen LogP contribution < -0.4 is 0 Å². The van der Waals surface area contributed by atoms with E-state index in [1.54, 1.807) is 19.2 Å². The van der Waals surface area contributed by atoms with E-state index in [2.05, 4.69) is 18.8 Å². The van der Waals surface area contributed by atoms with Gasteiger partial charge in [-0.2, -0.15) is 0 Å². The summed E-state index contributed by atoms with van der Waals surface area (Å²) in [6, 6.07) is 12.2. The molecule has 0 fully saturated rings. The number of imidazole rings is 1. The van der Waals surface area contributed by atoms with Crippen molar-refractivity contribution in [3.8, 4) is 0 Å². The van der Waals surface area contributed by atoms with Gasteiger partial charge in [-0.15, -0.1) is 0 Å². The molecule has 0 aliphatic rings. The number of benzene rings is 1. The number of hydrogen-bond donors (Lipinski definition) is 0. The summed E-state index contributed by atoms with van der Waals surface area (Å²) in [4.78, 5) is 21.6. The van der Waals surface area contributed by atoms with Gasteiger partial charge in [0.05, 0.1) is 17.9 Å². The summed E-state index contributed by atoms with van der Waals surface area (Å²) in [7, 11) is 0. The Labute approximate surface area is 174 Å². The van der Waals surface area contributed by atoms with Crippen LogP contribution in [0, 0.1) is 5.82 Å². The number of halogens is 1. The zero-order valence-electron chi connectivity index (χ0n) is 16.9. The predicted octanol–water partition coefficient (Wildman–Crippen LogP) is 5.36. The van der Waals surface area contributed by atoms with Crippen LogP contribution >= 0.6 is 11.8 Å². The quantitative estimate of drug-likeness (QED) is 0.488. The van der Waals surface area contributed by atoms with E-state index in [9.17, 15) is 9.18 Å². The number of rotatable bonds is 7.